The van der Waals surface area contributed by atoms with Gasteiger partial charge < -0.3 is 15.8 Å². The van der Waals surface area contributed by atoms with Crippen LogP contribution >= 0.6 is 31.9 Å². The maximum absolute atomic E-state index is 11.8. The van der Waals surface area contributed by atoms with Crippen LogP contribution in [0.3, 0.4) is 0 Å². The quantitative estimate of drug-likeness (QED) is 0.768. The van der Waals surface area contributed by atoms with E-state index in [4.69, 9.17) is 10.5 Å². The number of carbonyl (C=O) groups excluding carboxylic acids is 1. The number of nitrogen functional groups attached to an aromatic ring is 1. The van der Waals surface area contributed by atoms with Crippen molar-refractivity contribution in [2.75, 3.05) is 17.7 Å². The van der Waals surface area contributed by atoms with E-state index in [1.807, 2.05) is 12.1 Å². The monoisotopic (exact) mass is 398 g/mol. The summed E-state index contributed by atoms with van der Waals surface area (Å²) in [4.78, 5) is 11.8. The van der Waals surface area contributed by atoms with E-state index in [1.54, 1.807) is 30.3 Å². The number of carbonyl (C=O) groups is 1. The Morgan fingerprint density at radius 3 is 2.70 bits per heavy atom. The van der Waals surface area contributed by atoms with E-state index in [2.05, 4.69) is 37.2 Å². The van der Waals surface area contributed by atoms with E-state index in [1.165, 1.54) is 0 Å². The lowest BCUT2D eigenvalue weighted by molar-refractivity contribution is -0.118. The highest BCUT2D eigenvalue weighted by Gasteiger charge is 2.07. The first-order valence-electron chi connectivity index (χ1n) is 5.78. The average molecular weight is 400 g/mol. The van der Waals surface area contributed by atoms with Gasteiger partial charge in [-0.05, 0) is 52.3 Å². The third-order valence-corrected chi connectivity index (χ3v) is 3.58. The van der Waals surface area contributed by atoms with Crippen LogP contribution in [0.2, 0.25) is 0 Å². The molecule has 0 heterocycles. The highest BCUT2D eigenvalue weighted by Crippen LogP contribution is 2.24. The normalized spacial score (nSPS) is 10.1. The van der Waals surface area contributed by atoms with Crippen molar-refractivity contribution in [1.29, 1.82) is 0 Å². The minimum atomic E-state index is -0.240. The minimum absolute atomic E-state index is 0.0622. The van der Waals surface area contributed by atoms with Crippen LogP contribution in [-0.2, 0) is 4.79 Å². The van der Waals surface area contributed by atoms with Crippen LogP contribution < -0.4 is 15.8 Å². The van der Waals surface area contributed by atoms with Crippen molar-refractivity contribution in [2.45, 2.75) is 0 Å². The molecule has 1 amide bonds. The van der Waals surface area contributed by atoms with Crippen LogP contribution in [0.4, 0.5) is 11.4 Å². The molecule has 0 saturated carbocycles. The highest BCUT2D eigenvalue weighted by atomic mass is 79.9. The number of nitrogens with one attached hydrogen (secondary N) is 1. The number of anilines is 2. The molecule has 2 aromatic rings. The van der Waals surface area contributed by atoms with Crippen LogP contribution in [0.5, 0.6) is 5.75 Å². The first-order valence-corrected chi connectivity index (χ1v) is 7.36. The first-order chi connectivity index (χ1) is 9.54. The maximum Gasteiger partial charge on any atom is 0.262 e. The van der Waals surface area contributed by atoms with Crippen molar-refractivity contribution in [2.24, 2.45) is 0 Å². The topological polar surface area (TPSA) is 64.3 Å². The molecule has 2 aromatic carbocycles. The fourth-order valence-electron chi connectivity index (χ4n) is 1.52. The van der Waals surface area contributed by atoms with Crippen molar-refractivity contribution >= 4 is 49.1 Å². The second kappa shape index (κ2) is 6.76. The number of benzene rings is 2. The highest BCUT2D eigenvalue weighted by molar-refractivity contribution is 9.10. The van der Waals surface area contributed by atoms with E-state index < -0.39 is 0 Å². The van der Waals surface area contributed by atoms with E-state index >= 15 is 0 Å². The van der Waals surface area contributed by atoms with Gasteiger partial charge in [-0.25, -0.2) is 0 Å². The van der Waals surface area contributed by atoms with Crippen LogP contribution in [0.1, 0.15) is 0 Å². The summed E-state index contributed by atoms with van der Waals surface area (Å²) in [7, 11) is 0. The van der Waals surface area contributed by atoms with Crippen molar-refractivity contribution < 1.29 is 9.53 Å². The van der Waals surface area contributed by atoms with Gasteiger partial charge in [-0.2, -0.15) is 0 Å². The number of nitrogens with two attached hydrogens (primary N) is 1. The predicted molar refractivity (Wildman–Crippen MR) is 86.8 cm³/mol. The second-order valence-electron chi connectivity index (χ2n) is 4.03. The summed E-state index contributed by atoms with van der Waals surface area (Å²) in [5.41, 5.74) is 6.92. The van der Waals surface area contributed by atoms with Gasteiger partial charge in [-0.1, -0.05) is 22.0 Å². The van der Waals surface area contributed by atoms with Gasteiger partial charge in [0.1, 0.15) is 5.75 Å². The third-order valence-electron chi connectivity index (χ3n) is 2.43. The first kappa shape index (κ1) is 14.9. The Hall–Kier alpha value is -1.53. The molecule has 0 spiro atoms. The summed E-state index contributed by atoms with van der Waals surface area (Å²) in [5.74, 6) is 0.390. The number of halogens is 2. The molecule has 0 aliphatic heterocycles. The zero-order chi connectivity index (χ0) is 14.5. The number of amides is 1. The van der Waals surface area contributed by atoms with Crippen molar-refractivity contribution in [1.82, 2.24) is 0 Å². The molecular weight excluding hydrogens is 388 g/mol. The van der Waals surface area contributed by atoms with Gasteiger partial charge >= 0.3 is 0 Å². The van der Waals surface area contributed by atoms with E-state index in [9.17, 15) is 4.79 Å². The number of rotatable bonds is 4. The summed E-state index contributed by atoms with van der Waals surface area (Å²) in [6.45, 7) is -0.0622. The molecule has 20 heavy (non-hydrogen) atoms. The molecule has 0 aliphatic carbocycles. The molecule has 0 unspecified atom stereocenters. The summed E-state index contributed by atoms with van der Waals surface area (Å²) in [5, 5.41) is 2.74. The average Bonchev–Trinajstić information content (AvgIpc) is 2.40. The Bertz CT molecular complexity index is 632. The molecule has 0 aliphatic rings. The molecular formula is C14H12Br2N2O2. The maximum atomic E-state index is 11.8. The number of ether oxygens (including phenoxy) is 1. The Morgan fingerprint density at radius 1 is 1.20 bits per heavy atom. The van der Waals surface area contributed by atoms with Gasteiger partial charge in [0.15, 0.2) is 6.61 Å². The van der Waals surface area contributed by atoms with E-state index in [0.717, 1.165) is 8.95 Å². The second-order valence-corrected chi connectivity index (χ2v) is 5.80. The Labute approximate surface area is 133 Å². The lowest BCUT2D eigenvalue weighted by atomic mass is 10.3. The smallest absolute Gasteiger partial charge is 0.262 e. The zero-order valence-electron chi connectivity index (χ0n) is 10.4. The zero-order valence-corrected chi connectivity index (χ0v) is 13.6. The lowest BCUT2D eigenvalue weighted by Crippen LogP contribution is -2.20. The minimum Gasteiger partial charge on any atom is -0.484 e. The fourth-order valence-corrected chi connectivity index (χ4v) is 2.40. The van der Waals surface area contributed by atoms with Crippen molar-refractivity contribution in [3.8, 4) is 5.75 Å². The van der Waals surface area contributed by atoms with Gasteiger partial charge in [0.05, 0.1) is 5.69 Å². The Balaban J connectivity index is 1.92. The van der Waals surface area contributed by atoms with Crippen LogP contribution in [-0.4, -0.2) is 12.5 Å². The molecule has 0 bridgehead atoms. The van der Waals surface area contributed by atoms with Gasteiger partial charge in [0, 0.05) is 14.6 Å². The van der Waals surface area contributed by atoms with E-state index in [-0.39, 0.29) is 12.5 Å². The molecule has 3 N–H and O–H groups in total. The van der Waals surface area contributed by atoms with Gasteiger partial charge in [-0.3, -0.25) is 4.79 Å². The Kier molecular flexibility index (Phi) is 5.03. The molecule has 4 nitrogen and oxygen atoms in total. The SMILES string of the molecule is Nc1ccc(NC(=O)COc2cccc(Br)c2)c(Br)c1. The van der Waals surface area contributed by atoms with Crippen LogP contribution in [0, 0.1) is 0 Å². The van der Waals surface area contributed by atoms with Gasteiger partial charge in [0.25, 0.3) is 5.91 Å². The lowest BCUT2D eigenvalue weighted by Gasteiger charge is -2.09. The molecule has 104 valence electrons. The van der Waals surface area contributed by atoms with Gasteiger partial charge in [-0.15, -0.1) is 0 Å². The van der Waals surface area contributed by atoms with Crippen molar-refractivity contribution in [3.05, 3.63) is 51.4 Å². The molecule has 0 radical (unpaired) electrons. The molecule has 0 fully saturated rings. The summed E-state index contributed by atoms with van der Waals surface area (Å²) < 4.78 is 7.03. The fraction of sp³-hybridized carbons (Fsp3) is 0.0714. The summed E-state index contributed by atoms with van der Waals surface area (Å²) in [6, 6.07) is 12.5. The molecule has 0 saturated heterocycles. The number of hydrogen-bond donors (Lipinski definition) is 2. The van der Waals surface area contributed by atoms with Crippen molar-refractivity contribution in [3.63, 3.8) is 0 Å². The predicted octanol–water partition coefficient (Wildman–Crippen LogP) is 3.81. The van der Waals surface area contributed by atoms with Crippen LogP contribution in [0.25, 0.3) is 0 Å². The standard InChI is InChI=1S/C14H12Br2N2O2/c15-9-2-1-3-11(6-9)20-8-14(19)18-13-5-4-10(17)7-12(13)16/h1-7H,8,17H2,(H,18,19). The molecule has 0 atom stereocenters. The largest absolute Gasteiger partial charge is 0.484 e. The molecule has 0 aromatic heterocycles. The van der Waals surface area contributed by atoms with Gasteiger partial charge in [0.2, 0.25) is 0 Å². The number of hydrogen-bond acceptors (Lipinski definition) is 3. The summed E-state index contributed by atoms with van der Waals surface area (Å²) in [6.07, 6.45) is 0. The summed E-state index contributed by atoms with van der Waals surface area (Å²) >= 11 is 6.68. The van der Waals surface area contributed by atoms with E-state index in [0.29, 0.717) is 17.1 Å². The molecule has 2 rings (SSSR count). The third kappa shape index (κ3) is 4.25. The molecule has 6 heteroatoms. The Morgan fingerprint density at radius 2 is 2.00 bits per heavy atom. The van der Waals surface area contributed by atoms with Crippen LogP contribution in [0.15, 0.2) is 51.4 Å².